The molecule has 0 amide bonds. The molecule has 2 nitrogen and oxygen atoms in total. The van der Waals surface area contributed by atoms with Crippen molar-refractivity contribution in [3.8, 4) is 0 Å². The van der Waals surface area contributed by atoms with Crippen molar-refractivity contribution in [3.05, 3.63) is 29.8 Å². The zero-order valence-electron chi connectivity index (χ0n) is 9.88. The van der Waals surface area contributed by atoms with Gasteiger partial charge in [0.05, 0.1) is 5.84 Å². The average molecular weight is 204 g/mol. The summed E-state index contributed by atoms with van der Waals surface area (Å²) in [6, 6.07) is 8.43. The zero-order chi connectivity index (χ0) is 11.3. The van der Waals surface area contributed by atoms with Crippen LogP contribution in [0.2, 0.25) is 0 Å². The van der Waals surface area contributed by atoms with Crippen molar-refractivity contribution >= 4 is 11.5 Å². The van der Waals surface area contributed by atoms with Crippen molar-refractivity contribution in [3.63, 3.8) is 0 Å². The van der Waals surface area contributed by atoms with Gasteiger partial charge in [-0.2, -0.15) is 0 Å². The van der Waals surface area contributed by atoms with E-state index in [4.69, 9.17) is 5.41 Å². The fourth-order valence-electron chi connectivity index (χ4n) is 1.52. The summed E-state index contributed by atoms with van der Waals surface area (Å²) >= 11 is 0. The number of rotatable bonds is 4. The Morgan fingerprint density at radius 1 is 1.20 bits per heavy atom. The summed E-state index contributed by atoms with van der Waals surface area (Å²) in [5, 5.41) is 7.86. The Morgan fingerprint density at radius 2 is 1.80 bits per heavy atom. The van der Waals surface area contributed by atoms with Gasteiger partial charge in [-0.05, 0) is 30.5 Å². The highest BCUT2D eigenvalue weighted by Gasteiger charge is 2.05. The van der Waals surface area contributed by atoms with E-state index in [-0.39, 0.29) is 0 Å². The number of aryl methyl sites for hydroxylation is 1. The van der Waals surface area contributed by atoms with Gasteiger partial charge in [-0.15, -0.1) is 0 Å². The number of anilines is 1. The second kappa shape index (κ2) is 5.54. The van der Waals surface area contributed by atoms with Gasteiger partial charge >= 0.3 is 0 Å². The molecule has 1 rings (SSSR count). The van der Waals surface area contributed by atoms with E-state index in [9.17, 15) is 0 Å². The highest BCUT2D eigenvalue weighted by molar-refractivity contribution is 5.94. The van der Waals surface area contributed by atoms with Crippen molar-refractivity contribution in [2.24, 2.45) is 0 Å². The summed E-state index contributed by atoms with van der Waals surface area (Å²) in [4.78, 5) is 1.95. The van der Waals surface area contributed by atoms with Gasteiger partial charge in [-0.3, -0.25) is 5.41 Å². The lowest BCUT2D eigenvalue weighted by Crippen LogP contribution is -2.24. The minimum absolute atomic E-state index is 0.682. The molecule has 0 saturated heterocycles. The van der Waals surface area contributed by atoms with Crippen molar-refractivity contribution in [2.45, 2.75) is 33.1 Å². The number of nitrogens with zero attached hydrogens (tertiary/aromatic N) is 1. The van der Waals surface area contributed by atoms with Gasteiger partial charge in [0, 0.05) is 19.2 Å². The summed E-state index contributed by atoms with van der Waals surface area (Å²) in [5.41, 5.74) is 2.44. The smallest absolute Gasteiger partial charge is 0.0999 e. The van der Waals surface area contributed by atoms with Crippen LogP contribution >= 0.6 is 0 Å². The number of hydrogen-bond donors (Lipinski definition) is 1. The van der Waals surface area contributed by atoms with Crippen LogP contribution in [0.3, 0.4) is 0 Å². The molecule has 15 heavy (non-hydrogen) atoms. The van der Waals surface area contributed by atoms with E-state index in [0.29, 0.717) is 5.84 Å². The lowest BCUT2D eigenvalue weighted by Gasteiger charge is -2.20. The molecule has 1 aromatic carbocycles. The SMILES string of the molecule is CCCC(=N)N(C)c1ccc(CC)cc1. The molecule has 1 aromatic rings. The summed E-state index contributed by atoms with van der Waals surface area (Å²) in [6.45, 7) is 4.25. The standard InChI is InChI=1S/C13H20N2/c1-4-6-13(14)15(3)12-9-7-11(5-2)8-10-12/h7-10,14H,4-6H2,1-3H3. The molecule has 2 heteroatoms. The molecule has 0 heterocycles. The van der Waals surface area contributed by atoms with Gasteiger partial charge in [0.25, 0.3) is 0 Å². The van der Waals surface area contributed by atoms with Crippen LogP contribution in [0.1, 0.15) is 32.3 Å². The lowest BCUT2D eigenvalue weighted by atomic mass is 10.1. The Balaban J connectivity index is 2.73. The number of benzene rings is 1. The van der Waals surface area contributed by atoms with Crippen molar-refractivity contribution < 1.29 is 0 Å². The van der Waals surface area contributed by atoms with Crippen LogP contribution in [-0.2, 0) is 6.42 Å². The fourth-order valence-corrected chi connectivity index (χ4v) is 1.52. The quantitative estimate of drug-likeness (QED) is 0.590. The van der Waals surface area contributed by atoms with Crippen LogP contribution in [0.5, 0.6) is 0 Å². The molecule has 0 atom stereocenters. The first-order valence-electron chi connectivity index (χ1n) is 5.59. The molecule has 0 spiro atoms. The average Bonchev–Trinajstić information content (AvgIpc) is 2.28. The summed E-state index contributed by atoms with van der Waals surface area (Å²) < 4.78 is 0. The van der Waals surface area contributed by atoms with Crippen LogP contribution in [0.15, 0.2) is 24.3 Å². The molecule has 0 bridgehead atoms. The first-order chi connectivity index (χ1) is 7.19. The Morgan fingerprint density at radius 3 is 2.27 bits per heavy atom. The summed E-state index contributed by atoms with van der Waals surface area (Å²) in [7, 11) is 1.96. The van der Waals surface area contributed by atoms with E-state index in [2.05, 4.69) is 38.1 Å². The molecule has 0 saturated carbocycles. The maximum atomic E-state index is 7.86. The third-order valence-electron chi connectivity index (χ3n) is 2.62. The van der Waals surface area contributed by atoms with E-state index in [0.717, 1.165) is 24.9 Å². The van der Waals surface area contributed by atoms with E-state index in [1.54, 1.807) is 0 Å². The van der Waals surface area contributed by atoms with Crippen LogP contribution in [0, 0.1) is 5.41 Å². The first kappa shape index (κ1) is 11.8. The minimum atomic E-state index is 0.682. The summed E-state index contributed by atoms with van der Waals surface area (Å²) in [5.74, 6) is 0.682. The number of amidine groups is 1. The third kappa shape index (κ3) is 3.08. The van der Waals surface area contributed by atoms with E-state index in [1.807, 2.05) is 11.9 Å². The number of hydrogen-bond acceptors (Lipinski definition) is 1. The maximum absolute atomic E-state index is 7.86. The Hall–Kier alpha value is -1.31. The molecule has 0 radical (unpaired) electrons. The largest absolute Gasteiger partial charge is 0.333 e. The Kier molecular flexibility index (Phi) is 4.35. The minimum Gasteiger partial charge on any atom is -0.333 e. The lowest BCUT2D eigenvalue weighted by molar-refractivity contribution is 0.958. The van der Waals surface area contributed by atoms with Gasteiger partial charge < -0.3 is 4.90 Å². The highest BCUT2D eigenvalue weighted by atomic mass is 15.1. The normalized spacial score (nSPS) is 10.1. The van der Waals surface area contributed by atoms with Crippen molar-refractivity contribution in [1.29, 1.82) is 5.41 Å². The van der Waals surface area contributed by atoms with Gasteiger partial charge in [-0.25, -0.2) is 0 Å². The van der Waals surface area contributed by atoms with E-state index < -0.39 is 0 Å². The van der Waals surface area contributed by atoms with Crippen LogP contribution in [-0.4, -0.2) is 12.9 Å². The Bertz CT molecular complexity index is 314. The topological polar surface area (TPSA) is 27.1 Å². The maximum Gasteiger partial charge on any atom is 0.0999 e. The van der Waals surface area contributed by atoms with Crippen LogP contribution < -0.4 is 4.90 Å². The predicted molar refractivity (Wildman–Crippen MR) is 66.9 cm³/mol. The van der Waals surface area contributed by atoms with Crippen LogP contribution in [0.4, 0.5) is 5.69 Å². The van der Waals surface area contributed by atoms with Crippen molar-refractivity contribution in [2.75, 3.05) is 11.9 Å². The van der Waals surface area contributed by atoms with E-state index >= 15 is 0 Å². The van der Waals surface area contributed by atoms with Gasteiger partial charge in [0.2, 0.25) is 0 Å². The number of nitrogens with one attached hydrogen (secondary N) is 1. The molecule has 0 aliphatic carbocycles. The van der Waals surface area contributed by atoms with Crippen LogP contribution in [0.25, 0.3) is 0 Å². The van der Waals surface area contributed by atoms with Gasteiger partial charge in [0.1, 0.15) is 0 Å². The van der Waals surface area contributed by atoms with Gasteiger partial charge in [0.15, 0.2) is 0 Å². The molecule has 82 valence electrons. The van der Waals surface area contributed by atoms with E-state index in [1.165, 1.54) is 5.56 Å². The van der Waals surface area contributed by atoms with Gasteiger partial charge in [-0.1, -0.05) is 26.0 Å². The zero-order valence-corrected chi connectivity index (χ0v) is 9.88. The molecule has 0 fully saturated rings. The molecule has 0 aliphatic heterocycles. The first-order valence-corrected chi connectivity index (χ1v) is 5.59. The summed E-state index contributed by atoms with van der Waals surface area (Å²) in [6.07, 6.45) is 2.93. The molecular weight excluding hydrogens is 184 g/mol. The second-order valence-corrected chi connectivity index (χ2v) is 3.78. The monoisotopic (exact) mass is 204 g/mol. The highest BCUT2D eigenvalue weighted by Crippen LogP contribution is 2.15. The second-order valence-electron chi connectivity index (χ2n) is 3.78. The molecule has 1 N–H and O–H groups in total. The molecule has 0 aromatic heterocycles. The predicted octanol–water partition coefficient (Wildman–Crippen LogP) is 3.46. The third-order valence-corrected chi connectivity index (χ3v) is 2.62. The fraction of sp³-hybridized carbons (Fsp3) is 0.462. The Labute approximate surface area is 92.4 Å². The van der Waals surface area contributed by atoms with Crippen molar-refractivity contribution in [1.82, 2.24) is 0 Å². The molecular formula is C13H20N2. The molecule has 0 aliphatic rings. The molecule has 0 unspecified atom stereocenters.